The van der Waals surface area contributed by atoms with E-state index < -0.39 is 35.6 Å². The lowest BCUT2D eigenvalue weighted by molar-refractivity contribution is -0.136. The highest BCUT2D eigenvalue weighted by molar-refractivity contribution is 6.23. The maximum Gasteiger partial charge on any atom is 0.262 e. The van der Waals surface area contributed by atoms with E-state index in [0.29, 0.717) is 52.8 Å². The summed E-state index contributed by atoms with van der Waals surface area (Å²) < 4.78 is 26.7. The molecule has 0 aliphatic carbocycles. The number of carbonyl (C=O) groups excluding carboxylic acids is 5. The molecule has 1 aromatic rings. The van der Waals surface area contributed by atoms with Gasteiger partial charge < -0.3 is 34.7 Å². The number of ether oxygens (including phenoxy) is 5. The van der Waals surface area contributed by atoms with Crippen LogP contribution in [0.1, 0.15) is 33.6 Å². The van der Waals surface area contributed by atoms with Gasteiger partial charge in [-0.15, -0.1) is 12.4 Å². The Kier molecular flexibility index (Phi) is 14.5. The van der Waals surface area contributed by atoms with Crippen LogP contribution in [-0.2, 0) is 33.3 Å². The van der Waals surface area contributed by atoms with E-state index >= 15 is 0 Å². The van der Waals surface area contributed by atoms with Gasteiger partial charge in [0.25, 0.3) is 17.7 Å². The minimum absolute atomic E-state index is 0. The van der Waals surface area contributed by atoms with Crippen molar-refractivity contribution in [3.63, 3.8) is 0 Å². The quantitative estimate of drug-likeness (QED) is 0.142. The number of nitrogens with two attached hydrogens (primary N) is 1. The zero-order chi connectivity index (χ0) is 28.0. The molecule has 2 heterocycles. The van der Waals surface area contributed by atoms with Gasteiger partial charge in [0.05, 0.1) is 64.0 Å². The normalized spacial score (nSPS) is 16.4. The van der Waals surface area contributed by atoms with Crippen molar-refractivity contribution >= 4 is 41.9 Å². The highest BCUT2D eigenvalue weighted by Gasteiger charge is 2.44. The van der Waals surface area contributed by atoms with E-state index in [4.69, 9.17) is 29.4 Å². The van der Waals surface area contributed by atoms with Gasteiger partial charge in [-0.1, -0.05) is 0 Å². The maximum atomic E-state index is 12.9. The summed E-state index contributed by atoms with van der Waals surface area (Å²) in [5, 5.41) is 4.79. The molecule has 1 fully saturated rings. The molecular weight excluding hydrogens is 552 g/mol. The molecule has 40 heavy (non-hydrogen) atoms. The topological polar surface area (TPSA) is 185 Å². The minimum Gasteiger partial charge on any atom is -0.484 e. The largest absolute Gasteiger partial charge is 0.484 e. The fourth-order valence-electron chi connectivity index (χ4n) is 3.85. The second kappa shape index (κ2) is 17.5. The Morgan fingerprint density at radius 2 is 1.50 bits per heavy atom. The first kappa shape index (κ1) is 33.1. The second-order valence-electron chi connectivity index (χ2n) is 8.53. The summed E-state index contributed by atoms with van der Waals surface area (Å²) in [6.45, 7) is 3.88. The molecule has 1 unspecified atom stereocenters. The van der Waals surface area contributed by atoms with Crippen molar-refractivity contribution < 1.29 is 47.7 Å². The molecule has 0 spiro atoms. The highest BCUT2D eigenvalue weighted by atomic mass is 35.5. The van der Waals surface area contributed by atoms with Crippen molar-refractivity contribution in [3.05, 3.63) is 29.3 Å². The molecule has 0 radical (unpaired) electrons. The fraction of sp³-hybridized carbons (Fsp3) is 0.560. The summed E-state index contributed by atoms with van der Waals surface area (Å²) >= 11 is 0. The number of piperidine rings is 1. The Morgan fingerprint density at radius 1 is 0.900 bits per heavy atom. The molecule has 0 saturated carbocycles. The van der Waals surface area contributed by atoms with Crippen LogP contribution in [0.15, 0.2) is 18.2 Å². The van der Waals surface area contributed by atoms with Crippen molar-refractivity contribution in [1.29, 1.82) is 0 Å². The number of carbonyl (C=O) groups is 5. The molecule has 1 atom stereocenters. The zero-order valence-corrected chi connectivity index (χ0v) is 22.8. The molecule has 2 aliphatic rings. The molecule has 222 valence electrons. The number of hydrogen-bond acceptors (Lipinski definition) is 11. The summed E-state index contributed by atoms with van der Waals surface area (Å²) in [6.07, 6.45) is 0.104. The van der Waals surface area contributed by atoms with Crippen LogP contribution in [0.3, 0.4) is 0 Å². The van der Waals surface area contributed by atoms with Gasteiger partial charge in [0.15, 0.2) is 6.61 Å². The maximum absolute atomic E-state index is 12.9. The summed E-state index contributed by atoms with van der Waals surface area (Å²) in [6, 6.07) is 3.19. The number of hydrogen-bond donors (Lipinski definition) is 3. The Balaban J connectivity index is 0.00000560. The Morgan fingerprint density at radius 3 is 2.12 bits per heavy atom. The molecule has 0 aromatic heterocycles. The van der Waals surface area contributed by atoms with Crippen LogP contribution in [-0.4, -0.2) is 113 Å². The third kappa shape index (κ3) is 9.80. The van der Waals surface area contributed by atoms with Crippen molar-refractivity contribution in [1.82, 2.24) is 15.5 Å². The van der Waals surface area contributed by atoms with Gasteiger partial charge >= 0.3 is 0 Å². The van der Waals surface area contributed by atoms with Gasteiger partial charge in [0.1, 0.15) is 11.8 Å². The predicted octanol–water partition coefficient (Wildman–Crippen LogP) is -0.970. The lowest BCUT2D eigenvalue weighted by Crippen LogP contribution is -2.54. The molecule has 1 saturated heterocycles. The summed E-state index contributed by atoms with van der Waals surface area (Å²) in [7, 11) is 0. The van der Waals surface area contributed by atoms with Crippen molar-refractivity contribution in [2.75, 3.05) is 72.6 Å². The number of rotatable bonds is 18. The van der Waals surface area contributed by atoms with Crippen molar-refractivity contribution in [3.8, 4) is 5.75 Å². The van der Waals surface area contributed by atoms with E-state index in [1.165, 1.54) is 18.2 Å². The van der Waals surface area contributed by atoms with Crippen LogP contribution < -0.4 is 21.1 Å². The lowest BCUT2D eigenvalue weighted by Gasteiger charge is -2.27. The molecule has 5 amide bonds. The van der Waals surface area contributed by atoms with E-state index in [2.05, 4.69) is 10.6 Å². The number of fused-ring (bicyclic) bond motifs is 1. The van der Waals surface area contributed by atoms with Gasteiger partial charge in [-0.25, -0.2) is 0 Å². The monoisotopic (exact) mass is 586 g/mol. The molecule has 4 N–H and O–H groups in total. The summed E-state index contributed by atoms with van der Waals surface area (Å²) in [5.41, 5.74) is 5.51. The minimum atomic E-state index is -1.05. The van der Waals surface area contributed by atoms with Gasteiger partial charge in [-0.2, -0.15) is 0 Å². The number of amides is 5. The third-order valence-corrected chi connectivity index (χ3v) is 5.73. The van der Waals surface area contributed by atoms with Gasteiger partial charge in [-0.3, -0.25) is 34.2 Å². The van der Waals surface area contributed by atoms with Crippen LogP contribution in [0.2, 0.25) is 0 Å². The summed E-state index contributed by atoms with van der Waals surface area (Å²) in [4.78, 5) is 62.0. The van der Waals surface area contributed by atoms with Crippen LogP contribution in [0.25, 0.3) is 0 Å². The Labute approximate surface area is 237 Å². The standard InChI is InChI=1S/C25H34N4O10.ClH/c26-5-7-35-9-11-37-13-14-38-12-10-36-8-6-27-22(31)16-39-17-1-2-18-19(15-17)25(34)29(24(18)33)20-3-4-21(30)28-23(20)32;/h1-2,15,20H,3-14,16,26H2,(H,27,31)(H,28,30,32);1H. The molecule has 1 aromatic carbocycles. The van der Waals surface area contributed by atoms with E-state index in [1.807, 2.05) is 0 Å². The summed E-state index contributed by atoms with van der Waals surface area (Å²) in [5.74, 6) is -2.57. The van der Waals surface area contributed by atoms with Crippen LogP contribution in [0.4, 0.5) is 0 Å². The molecule has 2 aliphatic heterocycles. The fourth-order valence-corrected chi connectivity index (χ4v) is 3.85. The number of imide groups is 2. The SMILES string of the molecule is Cl.NCCOCCOCCOCCOCCNC(=O)COc1ccc2c(c1)C(=O)N(C1CCC(=O)NC1=O)C2=O. The number of halogens is 1. The molecule has 3 rings (SSSR count). The number of nitrogens with zero attached hydrogens (tertiary/aromatic N) is 1. The van der Waals surface area contributed by atoms with Crippen molar-refractivity contribution in [2.24, 2.45) is 5.73 Å². The molecular formula is C25H35ClN4O10. The zero-order valence-electron chi connectivity index (χ0n) is 22.0. The van der Waals surface area contributed by atoms with Crippen LogP contribution in [0, 0.1) is 0 Å². The number of benzene rings is 1. The molecule has 14 nitrogen and oxygen atoms in total. The Hall–Kier alpha value is -3.14. The van der Waals surface area contributed by atoms with E-state index in [9.17, 15) is 24.0 Å². The van der Waals surface area contributed by atoms with Gasteiger partial charge in [0.2, 0.25) is 11.8 Å². The van der Waals surface area contributed by atoms with E-state index in [-0.39, 0.29) is 61.9 Å². The van der Waals surface area contributed by atoms with E-state index in [1.54, 1.807) is 0 Å². The molecule has 15 heteroatoms. The first-order chi connectivity index (χ1) is 18.9. The smallest absolute Gasteiger partial charge is 0.262 e. The number of nitrogens with one attached hydrogen (secondary N) is 2. The predicted molar refractivity (Wildman–Crippen MR) is 141 cm³/mol. The average molecular weight is 587 g/mol. The lowest BCUT2D eigenvalue weighted by atomic mass is 10.0. The van der Waals surface area contributed by atoms with Gasteiger partial charge in [0, 0.05) is 19.5 Å². The van der Waals surface area contributed by atoms with Gasteiger partial charge in [-0.05, 0) is 24.6 Å². The van der Waals surface area contributed by atoms with E-state index in [0.717, 1.165) is 4.90 Å². The Bertz CT molecular complexity index is 1040. The molecule has 0 bridgehead atoms. The average Bonchev–Trinajstić information content (AvgIpc) is 3.16. The van der Waals surface area contributed by atoms with Crippen molar-refractivity contribution in [2.45, 2.75) is 18.9 Å². The first-order valence-electron chi connectivity index (χ1n) is 12.7. The highest BCUT2D eigenvalue weighted by Crippen LogP contribution is 2.30. The second-order valence-corrected chi connectivity index (χ2v) is 8.53. The first-order valence-corrected chi connectivity index (χ1v) is 12.7. The van der Waals surface area contributed by atoms with Crippen LogP contribution in [0.5, 0.6) is 5.75 Å². The third-order valence-electron chi connectivity index (χ3n) is 5.73. The van der Waals surface area contributed by atoms with Crippen LogP contribution >= 0.6 is 12.4 Å².